The lowest BCUT2D eigenvalue weighted by Gasteiger charge is -2.02. The van der Waals surface area contributed by atoms with Crippen LogP contribution in [0.3, 0.4) is 0 Å². The van der Waals surface area contributed by atoms with Crippen LogP contribution in [-0.4, -0.2) is 10.1 Å². The standard InChI is InChI=1S/C23H24F2N2O/c1-2-3-4-5-6-8-17-11-13-18(14-12-17)15-16-21-26-23(28-27-21)22-19(24)9-7-10-20(22)25/h7,9-16H,2-6,8H2,1H3/b16-15+. The zero-order valence-electron chi connectivity index (χ0n) is 16.0. The maximum absolute atomic E-state index is 13.8. The molecule has 146 valence electrons. The Morgan fingerprint density at radius 2 is 1.61 bits per heavy atom. The number of aromatic nitrogens is 2. The van der Waals surface area contributed by atoms with Crippen molar-refractivity contribution in [2.24, 2.45) is 0 Å². The van der Waals surface area contributed by atoms with E-state index in [0.29, 0.717) is 0 Å². The van der Waals surface area contributed by atoms with E-state index in [1.165, 1.54) is 43.7 Å². The molecule has 0 aliphatic rings. The lowest BCUT2D eigenvalue weighted by atomic mass is 10.0. The van der Waals surface area contributed by atoms with Gasteiger partial charge in [-0.15, -0.1) is 0 Å². The molecule has 0 radical (unpaired) electrons. The van der Waals surface area contributed by atoms with Gasteiger partial charge in [-0.3, -0.25) is 0 Å². The van der Waals surface area contributed by atoms with Crippen LogP contribution in [0.4, 0.5) is 8.78 Å². The van der Waals surface area contributed by atoms with Gasteiger partial charge in [-0.25, -0.2) is 8.78 Å². The molecule has 0 saturated carbocycles. The van der Waals surface area contributed by atoms with Crippen molar-refractivity contribution in [2.75, 3.05) is 0 Å². The van der Waals surface area contributed by atoms with Crippen LogP contribution >= 0.6 is 0 Å². The largest absolute Gasteiger partial charge is 0.333 e. The Balaban J connectivity index is 1.59. The smallest absolute Gasteiger partial charge is 0.264 e. The molecule has 5 heteroatoms. The predicted molar refractivity (Wildman–Crippen MR) is 107 cm³/mol. The number of unbranched alkanes of at least 4 members (excludes halogenated alkanes) is 4. The summed E-state index contributed by atoms with van der Waals surface area (Å²) >= 11 is 0. The lowest BCUT2D eigenvalue weighted by Crippen LogP contribution is -1.89. The number of aryl methyl sites for hydroxylation is 1. The highest BCUT2D eigenvalue weighted by Crippen LogP contribution is 2.24. The first-order valence-corrected chi connectivity index (χ1v) is 9.72. The molecule has 0 aliphatic carbocycles. The van der Waals surface area contributed by atoms with Gasteiger partial charge in [0.25, 0.3) is 5.89 Å². The minimum atomic E-state index is -0.732. The molecule has 3 rings (SSSR count). The summed E-state index contributed by atoms with van der Waals surface area (Å²) in [6, 6.07) is 11.9. The monoisotopic (exact) mass is 382 g/mol. The molecule has 0 saturated heterocycles. The Morgan fingerprint density at radius 1 is 0.893 bits per heavy atom. The minimum absolute atomic E-state index is 0.173. The van der Waals surface area contributed by atoms with Crippen LogP contribution in [0.25, 0.3) is 23.6 Å². The topological polar surface area (TPSA) is 38.9 Å². The van der Waals surface area contributed by atoms with Crippen molar-refractivity contribution in [3.05, 3.63) is 71.1 Å². The van der Waals surface area contributed by atoms with Gasteiger partial charge < -0.3 is 4.52 Å². The second-order valence-electron chi connectivity index (χ2n) is 6.79. The van der Waals surface area contributed by atoms with Gasteiger partial charge in [0.05, 0.1) is 0 Å². The summed E-state index contributed by atoms with van der Waals surface area (Å²) < 4.78 is 32.6. The van der Waals surface area contributed by atoms with E-state index in [9.17, 15) is 8.78 Å². The summed E-state index contributed by atoms with van der Waals surface area (Å²) in [5.41, 5.74) is 2.02. The molecular weight excluding hydrogens is 358 g/mol. The van der Waals surface area contributed by atoms with Gasteiger partial charge in [0.2, 0.25) is 0 Å². The fourth-order valence-corrected chi connectivity index (χ4v) is 3.01. The van der Waals surface area contributed by atoms with Gasteiger partial charge in [-0.05, 0) is 42.2 Å². The van der Waals surface area contributed by atoms with Gasteiger partial charge in [0.15, 0.2) is 5.82 Å². The first-order valence-electron chi connectivity index (χ1n) is 9.72. The highest BCUT2D eigenvalue weighted by atomic mass is 19.1. The SMILES string of the molecule is CCCCCCCc1ccc(/C=C/c2noc(-c3c(F)cccc3F)n2)cc1. The zero-order chi connectivity index (χ0) is 19.8. The molecule has 28 heavy (non-hydrogen) atoms. The molecule has 0 atom stereocenters. The Bertz CT molecular complexity index is 896. The third-order valence-electron chi connectivity index (χ3n) is 4.59. The number of halogens is 2. The summed E-state index contributed by atoms with van der Waals surface area (Å²) in [5, 5.41) is 3.77. The summed E-state index contributed by atoms with van der Waals surface area (Å²) in [6.45, 7) is 2.22. The van der Waals surface area contributed by atoms with E-state index < -0.39 is 11.6 Å². The molecule has 2 aromatic carbocycles. The third kappa shape index (κ3) is 5.35. The van der Waals surface area contributed by atoms with Gasteiger partial charge in [-0.1, -0.05) is 74.2 Å². The fraction of sp³-hybridized carbons (Fsp3) is 0.304. The van der Waals surface area contributed by atoms with Gasteiger partial charge >= 0.3 is 0 Å². The third-order valence-corrected chi connectivity index (χ3v) is 4.59. The molecule has 1 heterocycles. The summed E-state index contributed by atoms with van der Waals surface area (Å²) in [4.78, 5) is 4.06. The summed E-state index contributed by atoms with van der Waals surface area (Å²) in [7, 11) is 0. The molecule has 0 N–H and O–H groups in total. The molecule has 1 aromatic heterocycles. The summed E-state index contributed by atoms with van der Waals surface area (Å²) in [5.74, 6) is -1.37. The zero-order valence-corrected chi connectivity index (χ0v) is 16.0. The van der Waals surface area contributed by atoms with Crippen molar-refractivity contribution in [1.29, 1.82) is 0 Å². The number of benzene rings is 2. The van der Waals surface area contributed by atoms with Crippen LogP contribution in [0.1, 0.15) is 56.0 Å². The van der Waals surface area contributed by atoms with Gasteiger partial charge in [0.1, 0.15) is 17.2 Å². The van der Waals surface area contributed by atoms with Crippen molar-refractivity contribution in [3.8, 4) is 11.5 Å². The number of hydrogen-bond acceptors (Lipinski definition) is 3. The van der Waals surface area contributed by atoms with E-state index >= 15 is 0 Å². The highest BCUT2D eigenvalue weighted by molar-refractivity contribution is 5.67. The molecule has 0 bridgehead atoms. The highest BCUT2D eigenvalue weighted by Gasteiger charge is 2.17. The molecule has 0 fully saturated rings. The van der Waals surface area contributed by atoms with E-state index in [2.05, 4.69) is 29.2 Å². The Morgan fingerprint density at radius 3 is 2.32 bits per heavy atom. The van der Waals surface area contributed by atoms with E-state index in [1.54, 1.807) is 6.08 Å². The second kappa shape index (κ2) is 9.93. The molecule has 0 unspecified atom stereocenters. The first kappa shape index (κ1) is 19.9. The summed E-state index contributed by atoms with van der Waals surface area (Å²) in [6.07, 6.45) is 11.0. The van der Waals surface area contributed by atoms with Crippen LogP contribution in [0.15, 0.2) is 47.0 Å². The second-order valence-corrected chi connectivity index (χ2v) is 6.79. The average Bonchev–Trinajstić information content (AvgIpc) is 3.15. The minimum Gasteiger partial charge on any atom is -0.333 e. The lowest BCUT2D eigenvalue weighted by molar-refractivity contribution is 0.423. The van der Waals surface area contributed by atoms with E-state index in [4.69, 9.17) is 4.52 Å². The van der Waals surface area contributed by atoms with Crippen LogP contribution in [0.5, 0.6) is 0 Å². The van der Waals surface area contributed by atoms with Crippen LogP contribution in [0.2, 0.25) is 0 Å². The van der Waals surface area contributed by atoms with Crippen molar-refractivity contribution in [3.63, 3.8) is 0 Å². The van der Waals surface area contributed by atoms with Crippen molar-refractivity contribution in [1.82, 2.24) is 10.1 Å². The maximum atomic E-state index is 13.8. The molecule has 3 aromatic rings. The van der Waals surface area contributed by atoms with Crippen LogP contribution in [-0.2, 0) is 6.42 Å². The Kier molecular flexibility index (Phi) is 7.06. The van der Waals surface area contributed by atoms with Gasteiger partial charge in [-0.2, -0.15) is 4.98 Å². The normalized spacial score (nSPS) is 11.4. The Hall–Kier alpha value is -2.82. The molecule has 0 spiro atoms. The van der Waals surface area contributed by atoms with Crippen molar-refractivity contribution < 1.29 is 13.3 Å². The van der Waals surface area contributed by atoms with E-state index in [0.717, 1.165) is 24.1 Å². The first-order chi connectivity index (χ1) is 13.7. The molecular formula is C23H24F2N2O. The average molecular weight is 382 g/mol. The number of hydrogen-bond donors (Lipinski definition) is 0. The molecule has 3 nitrogen and oxygen atoms in total. The van der Waals surface area contributed by atoms with Crippen LogP contribution < -0.4 is 0 Å². The molecule has 0 aliphatic heterocycles. The van der Waals surface area contributed by atoms with Crippen molar-refractivity contribution >= 4 is 12.2 Å². The number of nitrogens with zero attached hydrogens (tertiary/aromatic N) is 2. The van der Waals surface area contributed by atoms with Gasteiger partial charge in [0, 0.05) is 0 Å². The maximum Gasteiger partial charge on any atom is 0.264 e. The van der Waals surface area contributed by atoms with Crippen molar-refractivity contribution in [2.45, 2.75) is 45.4 Å². The van der Waals surface area contributed by atoms with E-state index in [-0.39, 0.29) is 17.3 Å². The molecule has 0 amide bonds. The quantitative estimate of drug-likeness (QED) is 0.387. The van der Waals surface area contributed by atoms with Crippen LogP contribution in [0, 0.1) is 11.6 Å². The van der Waals surface area contributed by atoms with E-state index in [1.807, 2.05) is 18.2 Å². The Labute approximate surface area is 164 Å². The number of rotatable bonds is 9. The predicted octanol–water partition coefficient (Wildman–Crippen LogP) is 6.70. The fourth-order valence-electron chi connectivity index (χ4n) is 3.01.